The number of amides is 1. The lowest BCUT2D eigenvalue weighted by Crippen LogP contribution is -2.43. The van der Waals surface area contributed by atoms with E-state index in [9.17, 15) is 18.0 Å². The number of aromatic amines is 1. The number of piperazine rings is 1. The summed E-state index contributed by atoms with van der Waals surface area (Å²) in [5.41, 5.74) is 6.90. The summed E-state index contributed by atoms with van der Waals surface area (Å²) in [6, 6.07) is 21.0. The van der Waals surface area contributed by atoms with Crippen LogP contribution in [0.5, 0.6) is 5.75 Å². The SMILES string of the molecule is COc1ccc2c(c1)[C@@]1(C[C@@H]1c1ccc3c(-c4ccc(N5CCNCC5)cc4)n[nH]c3c1)C(=O)N2.O=C(O)C(F)(F)F. The van der Waals surface area contributed by atoms with Crippen LogP contribution in [0.2, 0.25) is 0 Å². The number of nitrogens with one attached hydrogen (secondary N) is 3. The number of carbonyl (C=O) groups is 2. The molecule has 1 saturated carbocycles. The number of methoxy groups -OCH3 is 1. The Morgan fingerprint density at radius 3 is 2.45 bits per heavy atom. The number of benzene rings is 3. The summed E-state index contributed by atoms with van der Waals surface area (Å²) in [6.45, 7) is 4.12. The first-order chi connectivity index (χ1) is 20.1. The van der Waals surface area contributed by atoms with Gasteiger partial charge in [-0.3, -0.25) is 9.89 Å². The van der Waals surface area contributed by atoms with Crippen LogP contribution in [0.25, 0.3) is 22.2 Å². The summed E-state index contributed by atoms with van der Waals surface area (Å²) in [6.07, 6.45) is -4.28. The monoisotopic (exact) mass is 579 g/mol. The Kier molecular flexibility index (Phi) is 6.80. The second-order valence-electron chi connectivity index (χ2n) is 10.6. The molecule has 1 spiro atoms. The minimum Gasteiger partial charge on any atom is -0.497 e. The first kappa shape index (κ1) is 27.6. The third-order valence-electron chi connectivity index (χ3n) is 8.18. The third kappa shape index (κ3) is 4.81. The summed E-state index contributed by atoms with van der Waals surface area (Å²) in [5, 5.41) is 22.6. The fraction of sp³-hybridized carbons (Fsp3) is 0.300. The molecule has 4 N–H and O–H groups in total. The molecule has 2 fully saturated rings. The van der Waals surface area contributed by atoms with E-state index in [1.54, 1.807) is 7.11 Å². The molecule has 0 radical (unpaired) electrons. The van der Waals surface area contributed by atoms with Gasteiger partial charge in [-0.05, 0) is 53.9 Å². The molecule has 1 amide bonds. The number of hydrogen-bond acceptors (Lipinski definition) is 6. The zero-order valence-corrected chi connectivity index (χ0v) is 22.6. The van der Waals surface area contributed by atoms with Crippen molar-refractivity contribution >= 4 is 34.2 Å². The number of rotatable bonds is 4. The van der Waals surface area contributed by atoms with Gasteiger partial charge in [-0.15, -0.1) is 0 Å². The first-order valence-electron chi connectivity index (χ1n) is 13.5. The van der Waals surface area contributed by atoms with Gasteiger partial charge in [0.15, 0.2) is 0 Å². The van der Waals surface area contributed by atoms with Crippen LogP contribution in [-0.2, 0) is 15.0 Å². The van der Waals surface area contributed by atoms with Crippen LogP contribution in [0.1, 0.15) is 23.5 Å². The van der Waals surface area contributed by atoms with Crippen molar-refractivity contribution in [2.24, 2.45) is 0 Å². The highest BCUT2D eigenvalue weighted by atomic mass is 19.4. The average molecular weight is 580 g/mol. The van der Waals surface area contributed by atoms with Crippen molar-refractivity contribution in [3.63, 3.8) is 0 Å². The summed E-state index contributed by atoms with van der Waals surface area (Å²) in [7, 11) is 1.66. The number of anilines is 2. The maximum Gasteiger partial charge on any atom is 0.490 e. The molecule has 3 heterocycles. The number of alkyl halides is 3. The van der Waals surface area contributed by atoms with E-state index in [1.807, 2.05) is 18.2 Å². The fourth-order valence-electron chi connectivity index (χ4n) is 5.93. The molecule has 2 atom stereocenters. The van der Waals surface area contributed by atoms with E-state index in [4.69, 9.17) is 14.6 Å². The molecule has 42 heavy (non-hydrogen) atoms. The molecule has 1 aromatic heterocycles. The summed E-state index contributed by atoms with van der Waals surface area (Å²) in [5.74, 6) is -1.75. The van der Waals surface area contributed by atoms with Crippen molar-refractivity contribution in [1.82, 2.24) is 15.5 Å². The molecule has 4 aromatic rings. The highest BCUT2D eigenvalue weighted by molar-refractivity contribution is 6.10. The van der Waals surface area contributed by atoms with Gasteiger partial charge < -0.3 is 25.4 Å². The number of carboxylic acid groups (broad SMARTS) is 1. The van der Waals surface area contributed by atoms with Crippen LogP contribution in [-0.4, -0.2) is 66.6 Å². The van der Waals surface area contributed by atoms with Crippen molar-refractivity contribution in [2.45, 2.75) is 23.9 Å². The van der Waals surface area contributed by atoms with E-state index >= 15 is 0 Å². The largest absolute Gasteiger partial charge is 0.497 e. The topological polar surface area (TPSA) is 120 Å². The smallest absolute Gasteiger partial charge is 0.490 e. The Morgan fingerprint density at radius 2 is 1.79 bits per heavy atom. The number of carboxylic acids is 1. The number of aliphatic carboxylic acids is 1. The fourth-order valence-corrected chi connectivity index (χ4v) is 5.93. The van der Waals surface area contributed by atoms with Crippen LogP contribution in [0.4, 0.5) is 24.5 Å². The van der Waals surface area contributed by atoms with E-state index in [0.717, 1.165) is 77.3 Å². The molecule has 218 valence electrons. The zero-order chi connectivity index (χ0) is 29.6. The van der Waals surface area contributed by atoms with Crippen molar-refractivity contribution in [2.75, 3.05) is 43.5 Å². The Balaban J connectivity index is 0.000000405. The van der Waals surface area contributed by atoms with E-state index < -0.39 is 17.6 Å². The standard InChI is InChI=1S/C28H27N5O2.C2HF3O2/c1-35-20-7-9-24-22(15-20)28(27(34)30-24)16-23(28)18-4-8-21-25(14-18)31-32-26(21)17-2-5-19(6-3-17)33-12-10-29-11-13-33;3-2(4,5)1(6)7/h2-9,14-15,23,29H,10-13,16H2,1H3,(H,30,34)(H,31,32);(H,6,7)/t23-,28-;/m1./s1. The normalized spacial score (nSPS) is 21.0. The highest BCUT2D eigenvalue weighted by Crippen LogP contribution is 2.65. The quantitative estimate of drug-likeness (QED) is 0.278. The lowest BCUT2D eigenvalue weighted by molar-refractivity contribution is -0.192. The summed E-state index contributed by atoms with van der Waals surface area (Å²) < 4.78 is 37.2. The van der Waals surface area contributed by atoms with Crippen LogP contribution in [0.15, 0.2) is 60.7 Å². The van der Waals surface area contributed by atoms with E-state index in [0.29, 0.717) is 0 Å². The molecule has 2 aliphatic heterocycles. The number of ether oxygens (including phenoxy) is 1. The molecular weight excluding hydrogens is 551 g/mol. The Bertz CT molecular complexity index is 1660. The summed E-state index contributed by atoms with van der Waals surface area (Å²) >= 11 is 0. The maximum absolute atomic E-state index is 13.0. The molecule has 0 unspecified atom stereocenters. The number of aromatic nitrogens is 2. The minimum absolute atomic E-state index is 0.0840. The number of halogens is 3. The van der Waals surface area contributed by atoms with Gasteiger partial charge in [0.25, 0.3) is 0 Å². The van der Waals surface area contributed by atoms with Gasteiger partial charge in [0.2, 0.25) is 5.91 Å². The van der Waals surface area contributed by atoms with E-state index in [2.05, 4.69) is 68.2 Å². The minimum atomic E-state index is -5.08. The second kappa shape index (κ2) is 10.4. The molecule has 1 aliphatic carbocycles. The van der Waals surface area contributed by atoms with Gasteiger partial charge in [-0.2, -0.15) is 18.3 Å². The van der Waals surface area contributed by atoms with Crippen molar-refractivity contribution < 1.29 is 32.6 Å². The molecule has 1 saturated heterocycles. The summed E-state index contributed by atoms with van der Waals surface area (Å²) in [4.78, 5) is 24.3. The average Bonchev–Trinajstić information content (AvgIpc) is 3.52. The van der Waals surface area contributed by atoms with Gasteiger partial charge in [0.05, 0.1) is 23.7 Å². The lowest BCUT2D eigenvalue weighted by Gasteiger charge is -2.29. The zero-order valence-electron chi connectivity index (χ0n) is 22.6. The molecular formula is C30H28F3N5O4. The van der Waals surface area contributed by atoms with Gasteiger partial charge in [0, 0.05) is 54.4 Å². The number of carbonyl (C=O) groups excluding carboxylic acids is 1. The van der Waals surface area contributed by atoms with Crippen molar-refractivity contribution in [1.29, 1.82) is 0 Å². The maximum atomic E-state index is 13.0. The second-order valence-corrected chi connectivity index (χ2v) is 10.6. The van der Waals surface area contributed by atoms with Gasteiger partial charge >= 0.3 is 12.1 Å². The predicted octanol–water partition coefficient (Wildman–Crippen LogP) is 4.66. The number of fused-ring (bicyclic) bond motifs is 3. The van der Waals surface area contributed by atoms with Gasteiger partial charge in [0.1, 0.15) is 5.75 Å². The highest BCUT2D eigenvalue weighted by Gasteiger charge is 2.65. The lowest BCUT2D eigenvalue weighted by atomic mass is 9.91. The molecule has 12 heteroatoms. The molecule has 3 aromatic carbocycles. The molecule has 9 nitrogen and oxygen atoms in total. The Labute approximate surface area is 238 Å². The number of H-pyrrole nitrogens is 1. The van der Waals surface area contributed by atoms with Crippen LogP contribution in [0.3, 0.4) is 0 Å². The molecule has 0 bridgehead atoms. The van der Waals surface area contributed by atoms with Crippen molar-refractivity contribution in [3.8, 4) is 17.0 Å². The van der Waals surface area contributed by atoms with E-state index in [-0.39, 0.29) is 11.8 Å². The Hall–Kier alpha value is -4.58. The number of nitrogens with zero attached hydrogens (tertiary/aromatic N) is 2. The van der Waals surface area contributed by atoms with Crippen LogP contribution < -0.4 is 20.3 Å². The first-order valence-corrected chi connectivity index (χ1v) is 13.5. The van der Waals surface area contributed by atoms with E-state index in [1.165, 1.54) is 5.69 Å². The third-order valence-corrected chi connectivity index (χ3v) is 8.18. The van der Waals surface area contributed by atoms with Gasteiger partial charge in [-0.1, -0.05) is 24.3 Å². The van der Waals surface area contributed by atoms with Crippen LogP contribution >= 0.6 is 0 Å². The van der Waals surface area contributed by atoms with Crippen molar-refractivity contribution in [3.05, 3.63) is 71.8 Å². The molecule has 7 rings (SSSR count). The van der Waals surface area contributed by atoms with Crippen LogP contribution in [0, 0.1) is 0 Å². The molecule has 3 aliphatic rings. The van der Waals surface area contributed by atoms with Gasteiger partial charge in [-0.25, -0.2) is 4.79 Å². The number of hydrogen-bond donors (Lipinski definition) is 4. The predicted molar refractivity (Wildman–Crippen MR) is 151 cm³/mol. The Morgan fingerprint density at radius 1 is 1.07 bits per heavy atom.